The summed E-state index contributed by atoms with van der Waals surface area (Å²) in [6, 6.07) is 0. The van der Waals surface area contributed by atoms with E-state index in [9.17, 15) is 14.7 Å². The molecule has 5 atom stereocenters. The van der Waals surface area contributed by atoms with Gasteiger partial charge >= 0.3 is 5.97 Å². The number of unbranched alkanes of at least 4 members (excludes halogenated alkanes) is 3. The average molecular weight is 397 g/mol. The molecule has 0 aromatic carbocycles. The van der Waals surface area contributed by atoms with E-state index < -0.39 is 12.1 Å². The fraction of sp³-hybridized carbons (Fsp3) is 0.727. The van der Waals surface area contributed by atoms with E-state index in [-0.39, 0.29) is 35.2 Å². The third-order valence-corrected chi connectivity index (χ3v) is 5.79. The Balaban J connectivity index is 2.65. The van der Waals surface area contributed by atoms with Gasteiger partial charge in [0.15, 0.2) is 0 Å². The van der Waals surface area contributed by atoms with Crippen molar-refractivity contribution >= 4 is 24.4 Å². The van der Waals surface area contributed by atoms with Crippen molar-refractivity contribution in [2.75, 3.05) is 0 Å². The fourth-order valence-corrected chi connectivity index (χ4v) is 4.08. The summed E-state index contributed by atoms with van der Waals surface area (Å²) in [5.41, 5.74) is 0. The van der Waals surface area contributed by atoms with E-state index in [1.165, 1.54) is 0 Å². The molecule has 1 saturated carbocycles. The van der Waals surface area contributed by atoms with E-state index in [2.05, 4.69) is 19.6 Å². The molecule has 5 heteroatoms. The highest BCUT2D eigenvalue weighted by Crippen LogP contribution is 2.41. The topological polar surface area (TPSA) is 74.6 Å². The predicted octanol–water partition coefficient (Wildman–Crippen LogP) is 4.82. The van der Waals surface area contributed by atoms with Crippen molar-refractivity contribution in [3.05, 3.63) is 24.3 Å². The summed E-state index contributed by atoms with van der Waals surface area (Å²) >= 11 is 4.58. The summed E-state index contributed by atoms with van der Waals surface area (Å²) in [6.07, 6.45) is 14.2. The lowest BCUT2D eigenvalue weighted by atomic mass is 9.85. The number of allylic oxidation sites excluding steroid dienone is 3. The van der Waals surface area contributed by atoms with Crippen LogP contribution in [0.2, 0.25) is 0 Å². The average Bonchev–Trinajstić information content (AvgIpc) is 2.92. The van der Waals surface area contributed by atoms with Crippen LogP contribution in [-0.4, -0.2) is 33.3 Å². The lowest BCUT2D eigenvalue weighted by Gasteiger charge is -2.23. The number of carboxylic acids is 1. The molecule has 0 spiro atoms. The number of aliphatic hydroxyl groups is 1. The predicted molar refractivity (Wildman–Crippen MR) is 113 cm³/mol. The summed E-state index contributed by atoms with van der Waals surface area (Å²) < 4.78 is 0. The molecule has 27 heavy (non-hydrogen) atoms. The maximum atomic E-state index is 12.5. The van der Waals surface area contributed by atoms with E-state index in [1.807, 2.05) is 31.2 Å². The standard InChI is InChI=1S/C22H36O4S/c1-3-4-7-10-17(23)13-14-18-19(21(24)15-20(18)16(2)27)11-8-5-6-9-12-22(25)26/h5,8,13-14,16-20,23,27H,3-4,6-7,9-12,15H2,1-2H3,(H,25,26). The van der Waals surface area contributed by atoms with Gasteiger partial charge in [-0.3, -0.25) is 9.59 Å². The molecule has 154 valence electrons. The van der Waals surface area contributed by atoms with Gasteiger partial charge in [0.2, 0.25) is 0 Å². The van der Waals surface area contributed by atoms with Crippen LogP contribution in [0.3, 0.4) is 0 Å². The number of Topliss-reactive ketones (excluding diaryl/α,β-unsaturated/α-hetero) is 1. The van der Waals surface area contributed by atoms with Crippen LogP contribution in [0.25, 0.3) is 0 Å². The summed E-state index contributed by atoms with van der Waals surface area (Å²) in [5, 5.41) is 19.0. The van der Waals surface area contributed by atoms with E-state index in [1.54, 1.807) is 0 Å². The molecule has 0 aromatic rings. The molecule has 0 saturated heterocycles. The number of carboxylic acid groups (broad SMARTS) is 1. The Morgan fingerprint density at radius 1 is 1.30 bits per heavy atom. The summed E-state index contributed by atoms with van der Waals surface area (Å²) in [7, 11) is 0. The quantitative estimate of drug-likeness (QED) is 0.237. The molecule has 0 heterocycles. The zero-order valence-corrected chi connectivity index (χ0v) is 17.6. The Bertz CT molecular complexity index is 512. The second-order valence-corrected chi connectivity index (χ2v) is 8.51. The minimum Gasteiger partial charge on any atom is -0.481 e. The van der Waals surface area contributed by atoms with Crippen LogP contribution in [-0.2, 0) is 9.59 Å². The number of hydrogen-bond acceptors (Lipinski definition) is 4. The molecule has 1 aliphatic carbocycles. The Kier molecular flexibility index (Phi) is 11.7. The molecule has 0 bridgehead atoms. The zero-order chi connectivity index (χ0) is 20.2. The van der Waals surface area contributed by atoms with Crippen LogP contribution >= 0.6 is 12.6 Å². The van der Waals surface area contributed by atoms with Crippen molar-refractivity contribution in [2.24, 2.45) is 17.8 Å². The van der Waals surface area contributed by atoms with Gasteiger partial charge in [-0.2, -0.15) is 12.6 Å². The first-order valence-corrected chi connectivity index (χ1v) is 10.8. The molecule has 4 nitrogen and oxygen atoms in total. The molecule has 1 aliphatic rings. The minimum absolute atomic E-state index is 0.0700. The van der Waals surface area contributed by atoms with Crippen LogP contribution in [0, 0.1) is 17.8 Å². The van der Waals surface area contributed by atoms with Gasteiger partial charge in [-0.15, -0.1) is 0 Å². The van der Waals surface area contributed by atoms with Gasteiger partial charge in [0, 0.05) is 24.0 Å². The lowest BCUT2D eigenvalue weighted by molar-refractivity contribution is -0.137. The second kappa shape index (κ2) is 13.2. The highest BCUT2D eigenvalue weighted by molar-refractivity contribution is 7.80. The van der Waals surface area contributed by atoms with Crippen molar-refractivity contribution < 1.29 is 19.8 Å². The number of carbonyl (C=O) groups is 2. The fourth-order valence-electron chi connectivity index (χ4n) is 3.78. The van der Waals surface area contributed by atoms with Crippen molar-refractivity contribution in [3.8, 4) is 0 Å². The van der Waals surface area contributed by atoms with Gasteiger partial charge < -0.3 is 10.2 Å². The molecule has 1 rings (SSSR count). The highest BCUT2D eigenvalue weighted by atomic mass is 32.1. The van der Waals surface area contributed by atoms with Gasteiger partial charge in [-0.1, -0.05) is 57.4 Å². The van der Waals surface area contributed by atoms with Crippen LogP contribution in [0.1, 0.15) is 71.6 Å². The van der Waals surface area contributed by atoms with Gasteiger partial charge in [-0.05, 0) is 37.5 Å². The summed E-state index contributed by atoms with van der Waals surface area (Å²) in [6.45, 7) is 4.18. The summed E-state index contributed by atoms with van der Waals surface area (Å²) in [5.74, 6) is -0.270. The number of rotatable bonds is 13. The van der Waals surface area contributed by atoms with Crippen molar-refractivity contribution in [3.63, 3.8) is 0 Å². The molecule has 2 N–H and O–H groups in total. The van der Waals surface area contributed by atoms with Crippen molar-refractivity contribution in [1.29, 1.82) is 0 Å². The smallest absolute Gasteiger partial charge is 0.303 e. The Morgan fingerprint density at radius 3 is 2.67 bits per heavy atom. The third-order valence-electron chi connectivity index (χ3n) is 5.41. The monoisotopic (exact) mass is 396 g/mol. The second-order valence-electron chi connectivity index (χ2n) is 7.70. The normalized spacial score (nSPS) is 25.5. The van der Waals surface area contributed by atoms with Crippen LogP contribution in [0.5, 0.6) is 0 Å². The molecule has 0 radical (unpaired) electrons. The van der Waals surface area contributed by atoms with Gasteiger partial charge in [0.1, 0.15) is 5.78 Å². The maximum absolute atomic E-state index is 12.5. The number of carbonyl (C=O) groups excluding carboxylic acids is 1. The van der Waals surface area contributed by atoms with Crippen LogP contribution in [0.4, 0.5) is 0 Å². The minimum atomic E-state index is -0.775. The largest absolute Gasteiger partial charge is 0.481 e. The number of ketones is 1. The Morgan fingerprint density at radius 2 is 2.04 bits per heavy atom. The molecular formula is C22H36O4S. The molecule has 0 aromatic heterocycles. The van der Waals surface area contributed by atoms with E-state index in [4.69, 9.17) is 5.11 Å². The number of hydrogen-bond donors (Lipinski definition) is 3. The third kappa shape index (κ3) is 9.11. The Labute approximate surface area is 169 Å². The van der Waals surface area contributed by atoms with Crippen molar-refractivity contribution in [1.82, 2.24) is 0 Å². The number of aliphatic carboxylic acids is 1. The first-order chi connectivity index (χ1) is 12.9. The van der Waals surface area contributed by atoms with E-state index in [0.29, 0.717) is 19.3 Å². The van der Waals surface area contributed by atoms with Gasteiger partial charge in [0.05, 0.1) is 6.10 Å². The maximum Gasteiger partial charge on any atom is 0.303 e. The Hall–Kier alpha value is -1.07. The van der Waals surface area contributed by atoms with Gasteiger partial charge in [0.25, 0.3) is 0 Å². The molecule has 1 fully saturated rings. The number of thiol groups is 1. The van der Waals surface area contributed by atoms with Gasteiger partial charge in [-0.25, -0.2) is 0 Å². The van der Waals surface area contributed by atoms with Crippen LogP contribution < -0.4 is 0 Å². The first kappa shape index (κ1) is 24.0. The van der Waals surface area contributed by atoms with E-state index >= 15 is 0 Å². The molecule has 0 amide bonds. The van der Waals surface area contributed by atoms with E-state index in [0.717, 1.165) is 32.1 Å². The SMILES string of the molecule is CCCCCC(O)C=CC1C(CC=CCCCC(=O)O)C(=O)CC1C(C)S. The molecular weight excluding hydrogens is 360 g/mol. The zero-order valence-electron chi connectivity index (χ0n) is 16.7. The first-order valence-electron chi connectivity index (χ1n) is 10.3. The lowest BCUT2D eigenvalue weighted by Crippen LogP contribution is -2.20. The summed E-state index contributed by atoms with van der Waals surface area (Å²) in [4.78, 5) is 23.1. The highest BCUT2D eigenvalue weighted by Gasteiger charge is 2.41. The van der Waals surface area contributed by atoms with Crippen LogP contribution in [0.15, 0.2) is 24.3 Å². The molecule has 0 aliphatic heterocycles. The van der Waals surface area contributed by atoms with Crippen molar-refractivity contribution in [2.45, 2.75) is 83.0 Å². The molecule has 5 unspecified atom stereocenters. The number of aliphatic hydroxyl groups excluding tert-OH is 1.